The molecule has 218 valence electrons. The van der Waals surface area contributed by atoms with E-state index in [1.54, 1.807) is 26.8 Å². The van der Waals surface area contributed by atoms with Gasteiger partial charge in [-0.3, -0.25) is 9.59 Å². The quantitative estimate of drug-likeness (QED) is 0.0972. The number of amides is 1. The molecule has 0 fully saturated rings. The Hall–Kier alpha value is -2.62. The third-order valence-electron chi connectivity index (χ3n) is 7.25. The van der Waals surface area contributed by atoms with Crippen LogP contribution in [0.25, 0.3) is 10.8 Å². The number of oxazole rings is 1. The van der Waals surface area contributed by atoms with Gasteiger partial charge in [0.2, 0.25) is 5.88 Å². The number of unbranched alkanes of at least 4 members (excludes halogenated alkanes) is 9. The summed E-state index contributed by atoms with van der Waals surface area (Å²) >= 11 is 2.20. The molecule has 0 saturated carbocycles. The average molecular weight is 663 g/mol. The lowest BCUT2D eigenvalue weighted by Gasteiger charge is -2.24. The lowest BCUT2D eigenvalue weighted by Crippen LogP contribution is -2.41. The third-order valence-corrected chi connectivity index (χ3v) is 8.15. The van der Waals surface area contributed by atoms with Crippen LogP contribution in [0.4, 0.5) is 5.69 Å². The molecule has 40 heavy (non-hydrogen) atoms. The summed E-state index contributed by atoms with van der Waals surface area (Å²) in [6.07, 6.45) is 12.0. The molecule has 0 radical (unpaired) electrons. The zero-order chi connectivity index (χ0) is 29.3. The summed E-state index contributed by atoms with van der Waals surface area (Å²) in [5.41, 5.74) is -0.421. The highest BCUT2D eigenvalue weighted by Gasteiger charge is 2.40. The molecule has 1 atom stereocenters. The van der Waals surface area contributed by atoms with Gasteiger partial charge in [0.05, 0.1) is 0 Å². The molecule has 0 aliphatic rings. The van der Waals surface area contributed by atoms with E-state index in [4.69, 9.17) is 4.42 Å². The van der Waals surface area contributed by atoms with E-state index in [0.29, 0.717) is 12.1 Å². The minimum absolute atomic E-state index is 0.115. The van der Waals surface area contributed by atoms with Gasteiger partial charge in [0.1, 0.15) is 0 Å². The van der Waals surface area contributed by atoms with E-state index < -0.39 is 34.8 Å². The number of anilines is 1. The fraction of sp³-hybridized carbons (Fsp3) is 0.531. The minimum Gasteiger partial charge on any atom is -0.492 e. The zero-order valence-corrected chi connectivity index (χ0v) is 26.4. The normalized spacial score (nSPS) is 12.5. The number of hydrogen-bond acceptors (Lipinski definition) is 5. The molecule has 1 heterocycles. The molecule has 2 aromatic carbocycles. The number of ketones is 1. The van der Waals surface area contributed by atoms with E-state index in [0.717, 1.165) is 38.2 Å². The number of Topliss-reactive ketones (excluding diaryl/α,β-unsaturated/α-hetero) is 1. The SMILES string of the molecule is CCCCCCCCCCCCc1oc(=O)n(C(C(=O)Nc2cccc3cccc(I)c23)C(=O)C(C)(C)C)c1O. The number of fused-ring (bicyclic) bond motifs is 1. The molecule has 8 heteroatoms. The van der Waals surface area contributed by atoms with Crippen molar-refractivity contribution in [1.82, 2.24) is 4.57 Å². The van der Waals surface area contributed by atoms with Crippen LogP contribution in [-0.4, -0.2) is 21.4 Å². The maximum absolute atomic E-state index is 13.7. The van der Waals surface area contributed by atoms with Crippen LogP contribution in [-0.2, 0) is 16.0 Å². The molecule has 0 bridgehead atoms. The number of nitrogens with one attached hydrogen (secondary N) is 1. The predicted molar refractivity (Wildman–Crippen MR) is 169 cm³/mol. The van der Waals surface area contributed by atoms with Crippen molar-refractivity contribution >= 4 is 50.7 Å². The van der Waals surface area contributed by atoms with Gasteiger partial charge in [-0.25, -0.2) is 9.36 Å². The first kappa shape index (κ1) is 31.9. The van der Waals surface area contributed by atoms with Crippen LogP contribution in [0.5, 0.6) is 5.88 Å². The van der Waals surface area contributed by atoms with E-state index in [2.05, 4.69) is 34.8 Å². The molecule has 2 N–H and O–H groups in total. The van der Waals surface area contributed by atoms with E-state index in [1.807, 2.05) is 30.3 Å². The summed E-state index contributed by atoms with van der Waals surface area (Å²) in [4.78, 5) is 40.1. The number of nitrogens with zero attached hydrogens (tertiary/aromatic N) is 1. The van der Waals surface area contributed by atoms with Crippen LogP contribution >= 0.6 is 22.6 Å². The number of carbonyl (C=O) groups excluding carboxylic acids is 2. The second kappa shape index (κ2) is 14.8. The summed E-state index contributed by atoms with van der Waals surface area (Å²) < 4.78 is 7.13. The molecule has 0 saturated heterocycles. The largest absolute Gasteiger partial charge is 0.492 e. The first-order valence-electron chi connectivity index (χ1n) is 14.5. The number of carbonyl (C=O) groups is 2. The van der Waals surface area contributed by atoms with E-state index in [-0.39, 0.29) is 5.76 Å². The molecular formula is C32H43IN2O5. The number of halogens is 1. The fourth-order valence-corrected chi connectivity index (χ4v) is 5.76. The zero-order valence-electron chi connectivity index (χ0n) is 24.2. The number of benzene rings is 2. The topological polar surface area (TPSA) is 102 Å². The Bertz CT molecular complexity index is 1350. The highest BCUT2D eigenvalue weighted by Crippen LogP contribution is 2.32. The summed E-state index contributed by atoms with van der Waals surface area (Å²) in [6, 6.07) is 9.75. The lowest BCUT2D eigenvalue weighted by atomic mass is 9.86. The molecule has 0 aliphatic heterocycles. The Balaban J connectivity index is 1.75. The van der Waals surface area contributed by atoms with Gasteiger partial charge >= 0.3 is 5.76 Å². The van der Waals surface area contributed by atoms with Crippen molar-refractivity contribution < 1.29 is 19.1 Å². The van der Waals surface area contributed by atoms with E-state index >= 15 is 0 Å². The summed E-state index contributed by atoms with van der Waals surface area (Å²) in [5, 5.41) is 15.6. The Kier molecular flexibility index (Phi) is 11.8. The first-order chi connectivity index (χ1) is 19.1. The predicted octanol–water partition coefficient (Wildman–Crippen LogP) is 8.16. The Morgan fingerprint density at radius 3 is 2.12 bits per heavy atom. The highest BCUT2D eigenvalue weighted by molar-refractivity contribution is 14.1. The van der Waals surface area contributed by atoms with Crippen LogP contribution in [0.2, 0.25) is 0 Å². The number of rotatable bonds is 15. The minimum atomic E-state index is -1.57. The maximum atomic E-state index is 13.7. The van der Waals surface area contributed by atoms with Crippen molar-refractivity contribution in [2.75, 3.05) is 5.32 Å². The second-order valence-electron chi connectivity index (χ2n) is 11.6. The highest BCUT2D eigenvalue weighted by atomic mass is 127. The lowest BCUT2D eigenvalue weighted by molar-refractivity contribution is -0.135. The molecule has 1 unspecified atom stereocenters. The fourth-order valence-electron chi connectivity index (χ4n) is 4.95. The van der Waals surface area contributed by atoms with Crippen molar-refractivity contribution in [1.29, 1.82) is 0 Å². The number of aromatic hydroxyl groups is 1. The van der Waals surface area contributed by atoms with E-state index in [1.165, 1.54) is 44.9 Å². The van der Waals surface area contributed by atoms with Gasteiger partial charge in [-0.2, -0.15) is 0 Å². The standard InChI is InChI=1S/C32H43IN2O5/c1-5-6-7-8-9-10-11-12-13-14-21-25-30(38)35(31(39)40-25)27(28(36)32(2,3)4)29(37)34-24-20-16-18-22-17-15-19-23(33)26(22)24/h15-20,27,38H,5-14,21H2,1-4H3,(H,34,37). The number of aryl methyl sites for hydroxylation is 1. The average Bonchev–Trinajstić information content (AvgIpc) is 3.17. The molecule has 1 aromatic heterocycles. The molecule has 3 aromatic rings. The van der Waals surface area contributed by atoms with Crippen LogP contribution in [0.15, 0.2) is 45.6 Å². The van der Waals surface area contributed by atoms with Crippen molar-refractivity contribution in [3.63, 3.8) is 0 Å². The molecule has 3 rings (SSSR count). The summed E-state index contributed by atoms with van der Waals surface area (Å²) in [6.45, 7) is 7.27. The Morgan fingerprint density at radius 1 is 0.950 bits per heavy atom. The molecule has 1 amide bonds. The van der Waals surface area contributed by atoms with Crippen LogP contribution in [0.1, 0.15) is 104 Å². The second-order valence-corrected chi connectivity index (χ2v) is 12.7. The van der Waals surface area contributed by atoms with Gasteiger partial charge in [-0.05, 0) is 46.5 Å². The smallest absolute Gasteiger partial charge is 0.423 e. The third kappa shape index (κ3) is 8.21. The number of aromatic nitrogens is 1. The van der Waals surface area contributed by atoms with Gasteiger partial charge in [0.25, 0.3) is 5.91 Å². The van der Waals surface area contributed by atoms with Gasteiger partial charge in [0.15, 0.2) is 17.6 Å². The van der Waals surface area contributed by atoms with Crippen molar-refractivity contribution in [2.45, 2.75) is 104 Å². The summed E-state index contributed by atoms with van der Waals surface area (Å²) in [7, 11) is 0. The number of hydrogen-bond donors (Lipinski definition) is 2. The van der Waals surface area contributed by atoms with Crippen molar-refractivity contribution in [3.8, 4) is 5.88 Å². The molecule has 0 aliphatic carbocycles. The van der Waals surface area contributed by atoms with Crippen LogP contribution in [0.3, 0.4) is 0 Å². The first-order valence-corrected chi connectivity index (χ1v) is 15.6. The van der Waals surface area contributed by atoms with Gasteiger partial charge in [-0.1, -0.05) is 110 Å². The van der Waals surface area contributed by atoms with Crippen molar-refractivity contribution in [2.24, 2.45) is 5.41 Å². The van der Waals surface area contributed by atoms with Gasteiger partial charge < -0.3 is 14.8 Å². The summed E-state index contributed by atoms with van der Waals surface area (Å²) in [5.74, 6) is -2.45. The van der Waals surface area contributed by atoms with Gasteiger partial charge in [-0.15, -0.1) is 0 Å². The molecule has 7 nitrogen and oxygen atoms in total. The van der Waals surface area contributed by atoms with Crippen molar-refractivity contribution in [3.05, 3.63) is 56.3 Å². The molecule has 0 spiro atoms. The van der Waals surface area contributed by atoms with Gasteiger partial charge in [0, 0.05) is 26.5 Å². The Morgan fingerprint density at radius 2 is 1.52 bits per heavy atom. The van der Waals surface area contributed by atoms with Crippen LogP contribution < -0.4 is 11.1 Å². The maximum Gasteiger partial charge on any atom is 0.423 e. The molecular weight excluding hydrogens is 619 g/mol. The van der Waals surface area contributed by atoms with Crippen LogP contribution in [0, 0.1) is 8.99 Å². The monoisotopic (exact) mass is 662 g/mol. The van der Waals surface area contributed by atoms with E-state index in [9.17, 15) is 19.5 Å². The Labute approximate surface area is 250 Å².